The summed E-state index contributed by atoms with van der Waals surface area (Å²) in [6.45, 7) is 8.39. The third-order valence-corrected chi connectivity index (χ3v) is 5.11. The van der Waals surface area contributed by atoms with Gasteiger partial charge in [0.05, 0.1) is 11.5 Å². The lowest BCUT2D eigenvalue weighted by Gasteiger charge is -2.14. The van der Waals surface area contributed by atoms with Gasteiger partial charge in [-0.1, -0.05) is 64.1 Å². The van der Waals surface area contributed by atoms with Gasteiger partial charge in [-0.2, -0.15) is 0 Å². The van der Waals surface area contributed by atoms with Crippen molar-refractivity contribution in [1.82, 2.24) is 0 Å². The first-order valence-electron chi connectivity index (χ1n) is 9.23. The summed E-state index contributed by atoms with van der Waals surface area (Å²) in [7, 11) is 0. The standard InChI is InChI=1S/C22H28N2O2S/c1-15(2)17-9-5-7-11-19(17)23-21(25)13-27-14-22(26)24-20-12-8-6-10-18(20)16(3)4/h5-12,15-16H,13-14H2,1-4H3,(H,23,25)(H,24,26). The van der Waals surface area contributed by atoms with Crippen molar-refractivity contribution in [2.24, 2.45) is 0 Å². The predicted octanol–water partition coefficient (Wildman–Crippen LogP) is 5.24. The third-order valence-electron chi connectivity index (χ3n) is 4.18. The number of nitrogens with one attached hydrogen (secondary N) is 2. The maximum Gasteiger partial charge on any atom is 0.234 e. The van der Waals surface area contributed by atoms with Crippen LogP contribution in [0.3, 0.4) is 0 Å². The Labute approximate surface area is 166 Å². The molecule has 27 heavy (non-hydrogen) atoms. The van der Waals surface area contributed by atoms with Gasteiger partial charge in [-0.3, -0.25) is 9.59 Å². The van der Waals surface area contributed by atoms with Crippen LogP contribution in [-0.2, 0) is 9.59 Å². The monoisotopic (exact) mass is 384 g/mol. The van der Waals surface area contributed by atoms with Crippen LogP contribution in [-0.4, -0.2) is 23.3 Å². The molecule has 0 radical (unpaired) electrons. The van der Waals surface area contributed by atoms with Gasteiger partial charge in [0.25, 0.3) is 0 Å². The van der Waals surface area contributed by atoms with E-state index in [1.807, 2.05) is 48.5 Å². The molecule has 2 amide bonds. The molecule has 0 heterocycles. The molecule has 0 aliphatic heterocycles. The molecule has 0 saturated heterocycles. The van der Waals surface area contributed by atoms with E-state index in [9.17, 15) is 9.59 Å². The fourth-order valence-electron chi connectivity index (χ4n) is 2.84. The van der Waals surface area contributed by atoms with Crippen LogP contribution in [0.5, 0.6) is 0 Å². The number of anilines is 2. The molecule has 5 heteroatoms. The van der Waals surface area contributed by atoms with Crippen LogP contribution in [0.4, 0.5) is 11.4 Å². The summed E-state index contributed by atoms with van der Waals surface area (Å²) in [5.74, 6) is 0.964. The fourth-order valence-corrected chi connectivity index (χ4v) is 3.45. The van der Waals surface area contributed by atoms with E-state index in [2.05, 4.69) is 38.3 Å². The van der Waals surface area contributed by atoms with Crippen molar-refractivity contribution in [2.75, 3.05) is 22.1 Å². The minimum Gasteiger partial charge on any atom is -0.325 e. The summed E-state index contributed by atoms with van der Waals surface area (Å²) >= 11 is 1.31. The zero-order valence-corrected chi connectivity index (χ0v) is 17.2. The molecule has 0 fully saturated rings. The Bertz CT molecular complexity index is 722. The average molecular weight is 385 g/mol. The first-order valence-corrected chi connectivity index (χ1v) is 10.4. The Hall–Kier alpha value is -2.27. The maximum atomic E-state index is 12.2. The number of rotatable bonds is 8. The van der Waals surface area contributed by atoms with Crippen molar-refractivity contribution in [3.63, 3.8) is 0 Å². The summed E-state index contributed by atoms with van der Waals surface area (Å²) in [6, 6.07) is 15.6. The van der Waals surface area contributed by atoms with Crippen LogP contribution >= 0.6 is 11.8 Å². The number of carbonyl (C=O) groups excluding carboxylic acids is 2. The largest absolute Gasteiger partial charge is 0.325 e. The maximum absolute atomic E-state index is 12.2. The Morgan fingerprint density at radius 3 is 1.48 bits per heavy atom. The van der Waals surface area contributed by atoms with Gasteiger partial charge in [0.2, 0.25) is 11.8 Å². The van der Waals surface area contributed by atoms with E-state index in [1.165, 1.54) is 11.8 Å². The molecule has 0 aromatic heterocycles. The number of hydrogen-bond donors (Lipinski definition) is 2. The molecule has 0 bridgehead atoms. The second-order valence-electron chi connectivity index (χ2n) is 7.07. The summed E-state index contributed by atoms with van der Waals surface area (Å²) in [5, 5.41) is 5.90. The second kappa shape index (κ2) is 10.2. The van der Waals surface area contributed by atoms with E-state index in [4.69, 9.17) is 0 Å². The van der Waals surface area contributed by atoms with Gasteiger partial charge >= 0.3 is 0 Å². The lowest BCUT2D eigenvalue weighted by Crippen LogP contribution is -2.19. The van der Waals surface area contributed by atoms with E-state index in [0.717, 1.165) is 22.5 Å². The molecule has 0 saturated carbocycles. The summed E-state index contributed by atoms with van der Waals surface area (Å²) < 4.78 is 0. The highest BCUT2D eigenvalue weighted by atomic mass is 32.2. The molecule has 2 rings (SSSR count). The fraction of sp³-hybridized carbons (Fsp3) is 0.364. The third kappa shape index (κ3) is 6.43. The lowest BCUT2D eigenvalue weighted by molar-refractivity contribution is -0.114. The number of amides is 2. The van der Waals surface area contributed by atoms with Crippen molar-refractivity contribution in [3.8, 4) is 0 Å². The molecular formula is C22H28N2O2S. The van der Waals surface area contributed by atoms with Crippen LogP contribution in [0.15, 0.2) is 48.5 Å². The van der Waals surface area contributed by atoms with E-state index in [-0.39, 0.29) is 23.3 Å². The smallest absolute Gasteiger partial charge is 0.234 e. The molecule has 2 aromatic carbocycles. The number of carbonyl (C=O) groups is 2. The zero-order chi connectivity index (χ0) is 19.8. The van der Waals surface area contributed by atoms with Crippen molar-refractivity contribution in [2.45, 2.75) is 39.5 Å². The van der Waals surface area contributed by atoms with Crippen molar-refractivity contribution in [3.05, 3.63) is 59.7 Å². The Morgan fingerprint density at radius 2 is 1.11 bits per heavy atom. The van der Waals surface area contributed by atoms with Crippen LogP contribution in [0.2, 0.25) is 0 Å². The number of para-hydroxylation sites is 2. The minimum absolute atomic E-state index is 0.0940. The van der Waals surface area contributed by atoms with E-state index in [0.29, 0.717) is 11.8 Å². The zero-order valence-electron chi connectivity index (χ0n) is 16.4. The molecule has 0 atom stereocenters. The first-order chi connectivity index (χ1) is 12.9. The highest BCUT2D eigenvalue weighted by molar-refractivity contribution is 8.00. The van der Waals surface area contributed by atoms with Crippen molar-refractivity contribution >= 4 is 35.0 Å². The highest BCUT2D eigenvalue weighted by Crippen LogP contribution is 2.25. The first kappa shape index (κ1) is 21.0. The molecule has 0 aliphatic carbocycles. The van der Waals surface area contributed by atoms with Gasteiger partial charge in [-0.15, -0.1) is 11.8 Å². The topological polar surface area (TPSA) is 58.2 Å². The number of hydrogen-bond acceptors (Lipinski definition) is 3. The molecule has 4 nitrogen and oxygen atoms in total. The van der Waals surface area contributed by atoms with Gasteiger partial charge < -0.3 is 10.6 Å². The van der Waals surface area contributed by atoms with Crippen molar-refractivity contribution in [1.29, 1.82) is 0 Å². The Morgan fingerprint density at radius 1 is 0.741 bits per heavy atom. The molecular weight excluding hydrogens is 356 g/mol. The van der Waals surface area contributed by atoms with Gasteiger partial charge in [0.1, 0.15) is 0 Å². The van der Waals surface area contributed by atoms with Crippen LogP contribution in [0, 0.1) is 0 Å². The molecule has 144 valence electrons. The summed E-state index contributed by atoms with van der Waals surface area (Å²) in [4.78, 5) is 24.4. The summed E-state index contributed by atoms with van der Waals surface area (Å²) in [6.07, 6.45) is 0. The van der Waals surface area contributed by atoms with Gasteiger partial charge in [-0.25, -0.2) is 0 Å². The molecule has 0 unspecified atom stereocenters. The number of thioether (sulfide) groups is 1. The predicted molar refractivity (Wildman–Crippen MR) is 116 cm³/mol. The normalized spacial score (nSPS) is 10.9. The van der Waals surface area contributed by atoms with Crippen LogP contribution < -0.4 is 10.6 Å². The SMILES string of the molecule is CC(C)c1ccccc1NC(=O)CSCC(=O)Nc1ccccc1C(C)C. The number of benzene rings is 2. The van der Waals surface area contributed by atoms with E-state index in [1.54, 1.807) is 0 Å². The van der Waals surface area contributed by atoms with Gasteiger partial charge in [-0.05, 0) is 35.1 Å². The average Bonchev–Trinajstić information content (AvgIpc) is 2.62. The van der Waals surface area contributed by atoms with Crippen LogP contribution in [0.1, 0.15) is 50.7 Å². The molecule has 0 aliphatic rings. The lowest BCUT2D eigenvalue weighted by atomic mass is 10.0. The molecule has 2 N–H and O–H groups in total. The quantitative estimate of drug-likeness (QED) is 0.654. The minimum atomic E-state index is -0.0940. The Kier molecular flexibility index (Phi) is 7.92. The van der Waals surface area contributed by atoms with Gasteiger partial charge in [0.15, 0.2) is 0 Å². The van der Waals surface area contributed by atoms with Crippen LogP contribution in [0.25, 0.3) is 0 Å². The van der Waals surface area contributed by atoms with Gasteiger partial charge in [0, 0.05) is 11.4 Å². The van der Waals surface area contributed by atoms with E-state index >= 15 is 0 Å². The highest BCUT2D eigenvalue weighted by Gasteiger charge is 2.12. The molecule has 2 aromatic rings. The molecule has 0 spiro atoms. The second-order valence-corrected chi connectivity index (χ2v) is 8.06. The van der Waals surface area contributed by atoms with Crippen molar-refractivity contribution < 1.29 is 9.59 Å². The summed E-state index contributed by atoms with van der Waals surface area (Å²) in [5.41, 5.74) is 3.90. The van der Waals surface area contributed by atoms with E-state index < -0.39 is 0 Å². The Balaban J connectivity index is 1.83.